The molecular formula is C14H25N3O3. The predicted octanol–water partition coefficient (Wildman–Crippen LogP) is -0.308. The van der Waals surface area contributed by atoms with Gasteiger partial charge in [-0.1, -0.05) is 0 Å². The topological polar surface area (TPSA) is 61.9 Å². The predicted molar refractivity (Wildman–Crippen MR) is 75.2 cm³/mol. The first-order chi connectivity index (χ1) is 9.58. The quantitative estimate of drug-likeness (QED) is 0.752. The van der Waals surface area contributed by atoms with Crippen LogP contribution in [0.1, 0.15) is 20.3 Å². The first-order valence-electron chi connectivity index (χ1n) is 7.45. The highest BCUT2D eigenvalue weighted by Crippen LogP contribution is 2.19. The zero-order chi connectivity index (χ0) is 14.5. The van der Waals surface area contributed by atoms with Crippen LogP contribution in [0.15, 0.2) is 0 Å². The van der Waals surface area contributed by atoms with Crippen LogP contribution >= 0.6 is 0 Å². The zero-order valence-corrected chi connectivity index (χ0v) is 12.4. The van der Waals surface area contributed by atoms with Crippen LogP contribution in [0.4, 0.5) is 0 Å². The Hall–Kier alpha value is -1.14. The average molecular weight is 283 g/mol. The summed E-state index contributed by atoms with van der Waals surface area (Å²) in [6, 6.07) is 0.175. The number of carbonyl (C=O) groups is 2. The van der Waals surface area contributed by atoms with E-state index in [4.69, 9.17) is 4.74 Å². The number of ether oxygens (including phenoxy) is 1. The number of likely N-dealkylation sites (tertiary alicyclic amines) is 1. The smallest absolute Gasteiger partial charge is 0.225 e. The lowest BCUT2D eigenvalue weighted by molar-refractivity contribution is -0.129. The SMILES string of the molecule is CC(C)N1C[C@@H](C(=O)NCCN2CCOCC2)CC1=O. The second-order valence-electron chi connectivity index (χ2n) is 5.79. The summed E-state index contributed by atoms with van der Waals surface area (Å²) in [5, 5.41) is 2.95. The third-order valence-corrected chi connectivity index (χ3v) is 3.98. The van der Waals surface area contributed by atoms with Crippen LogP contribution in [0.5, 0.6) is 0 Å². The molecule has 1 atom stereocenters. The molecule has 2 heterocycles. The summed E-state index contributed by atoms with van der Waals surface area (Å²) in [7, 11) is 0. The van der Waals surface area contributed by atoms with Crippen LogP contribution in [0.3, 0.4) is 0 Å². The molecule has 0 spiro atoms. The second-order valence-corrected chi connectivity index (χ2v) is 5.79. The van der Waals surface area contributed by atoms with E-state index in [1.165, 1.54) is 0 Å². The number of rotatable bonds is 5. The molecule has 0 aromatic rings. The Labute approximate surface area is 120 Å². The summed E-state index contributed by atoms with van der Waals surface area (Å²) in [6.45, 7) is 9.42. The highest BCUT2D eigenvalue weighted by Gasteiger charge is 2.35. The molecule has 0 radical (unpaired) electrons. The molecule has 0 aromatic carbocycles. The van der Waals surface area contributed by atoms with Gasteiger partial charge in [-0.05, 0) is 13.8 Å². The highest BCUT2D eigenvalue weighted by atomic mass is 16.5. The number of hydrogen-bond acceptors (Lipinski definition) is 4. The molecule has 0 aliphatic carbocycles. The molecule has 0 unspecified atom stereocenters. The molecule has 2 saturated heterocycles. The molecule has 1 N–H and O–H groups in total. The van der Waals surface area contributed by atoms with Gasteiger partial charge < -0.3 is 15.0 Å². The molecule has 114 valence electrons. The Morgan fingerprint density at radius 2 is 2.10 bits per heavy atom. The van der Waals surface area contributed by atoms with E-state index < -0.39 is 0 Å². The van der Waals surface area contributed by atoms with Gasteiger partial charge in [-0.2, -0.15) is 0 Å². The van der Waals surface area contributed by atoms with Crippen molar-refractivity contribution in [2.45, 2.75) is 26.3 Å². The normalized spacial score (nSPS) is 24.4. The van der Waals surface area contributed by atoms with Gasteiger partial charge >= 0.3 is 0 Å². The van der Waals surface area contributed by atoms with E-state index in [1.54, 1.807) is 4.90 Å². The maximum atomic E-state index is 12.1. The number of morpholine rings is 1. The molecule has 6 nitrogen and oxygen atoms in total. The van der Waals surface area contributed by atoms with E-state index in [0.717, 1.165) is 32.8 Å². The third kappa shape index (κ3) is 3.93. The van der Waals surface area contributed by atoms with Crippen molar-refractivity contribution >= 4 is 11.8 Å². The average Bonchev–Trinajstić information content (AvgIpc) is 2.82. The first kappa shape index (κ1) is 15.3. The van der Waals surface area contributed by atoms with Crippen molar-refractivity contribution < 1.29 is 14.3 Å². The van der Waals surface area contributed by atoms with Gasteiger partial charge in [0.25, 0.3) is 0 Å². The Kier molecular flexibility index (Phi) is 5.37. The van der Waals surface area contributed by atoms with Gasteiger partial charge in [0.15, 0.2) is 0 Å². The Balaban J connectivity index is 1.68. The van der Waals surface area contributed by atoms with Crippen LogP contribution in [0.2, 0.25) is 0 Å². The zero-order valence-electron chi connectivity index (χ0n) is 12.4. The molecule has 20 heavy (non-hydrogen) atoms. The van der Waals surface area contributed by atoms with Crippen molar-refractivity contribution in [1.82, 2.24) is 15.1 Å². The molecule has 2 aliphatic heterocycles. The third-order valence-electron chi connectivity index (χ3n) is 3.98. The van der Waals surface area contributed by atoms with E-state index in [0.29, 0.717) is 19.5 Å². The van der Waals surface area contributed by atoms with E-state index in [9.17, 15) is 9.59 Å². The van der Waals surface area contributed by atoms with E-state index in [-0.39, 0.29) is 23.8 Å². The van der Waals surface area contributed by atoms with Crippen molar-refractivity contribution in [3.8, 4) is 0 Å². The fourth-order valence-corrected chi connectivity index (χ4v) is 2.71. The maximum absolute atomic E-state index is 12.1. The van der Waals surface area contributed by atoms with Crippen LogP contribution in [0, 0.1) is 5.92 Å². The Morgan fingerprint density at radius 3 is 2.70 bits per heavy atom. The van der Waals surface area contributed by atoms with Gasteiger partial charge in [-0.25, -0.2) is 0 Å². The molecule has 0 bridgehead atoms. The van der Waals surface area contributed by atoms with Crippen LogP contribution in [0.25, 0.3) is 0 Å². The Bertz CT molecular complexity index is 354. The molecular weight excluding hydrogens is 258 g/mol. The largest absolute Gasteiger partial charge is 0.379 e. The van der Waals surface area contributed by atoms with Crippen LogP contribution in [-0.4, -0.2) is 73.6 Å². The van der Waals surface area contributed by atoms with Crippen molar-refractivity contribution in [3.05, 3.63) is 0 Å². The molecule has 0 aromatic heterocycles. The molecule has 2 rings (SSSR count). The molecule has 2 amide bonds. The number of amides is 2. The molecule has 2 aliphatic rings. The van der Waals surface area contributed by atoms with Crippen molar-refractivity contribution in [1.29, 1.82) is 0 Å². The van der Waals surface area contributed by atoms with Crippen molar-refractivity contribution in [2.24, 2.45) is 5.92 Å². The first-order valence-corrected chi connectivity index (χ1v) is 7.45. The summed E-state index contributed by atoms with van der Waals surface area (Å²) in [6.07, 6.45) is 0.349. The van der Waals surface area contributed by atoms with Gasteiger partial charge in [0.2, 0.25) is 11.8 Å². The van der Waals surface area contributed by atoms with E-state index >= 15 is 0 Å². The lowest BCUT2D eigenvalue weighted by atomic mass is 10.1. The van der Waals surface area contributed by atoms with Crippen LogP contribution in [-0.2, 0) is 14.3 Å². The van der Waals surface area contributed by atoms with E-state index in [1.807, 2.05) is 13.8 Å². The van der Waals surface area contributed by atoms with Crippen molar-refractivity contribution in [2.75, 3.05) is 45.9 Å². The summed E-state index contributed by atoms with van der Waals surface area (Å²) in [5.74, 6) is -0.0855. The second kappa shape index (κ2) is 7.04. The molecule has 0 saturated carbocycles. The standard InChI is InChI=1S/C14H25N3O3/c1-11(2)17-10-12(9-13(17)18)14(19)15-3-4-16-5-7-20-8-6-16/h11-12H,3-10H2,1-2H3,(H,15,19)/t12-/m0/s1. The number of carbonyl (C=O) groups excluding carboxylic acids is 2. The fraction of sp³-hybridized carbons (Fsp3) is 0.857. The highest BCUT2D eigenvalue weighted by molar-refractivity contribution is 5.89. The minimum atomic E-state index is -0.186. The van der Waals surface area contributed by atoms with Gasteiger partial charge in [0, 0.05) is 45.2 Å². The van der Waals surface area contributed by atoms with Gasteiger partial charge in [-0.15, -0.1) is 0 Å². The van der Waals surface area contributed by atoms with Gasteiger partial charge in [0.05, 0.1) is 19.1 Å². The molecule has 6 heteroatoms. The summed E-state index contributed by atoms with van der Waals surface area (Å²) in [5.41, 5.74) is 0. The molecule has 2 fully saturated rings. The Morgan fingerprint density at radius 1 is 1.40 bits per heavy atom. The van der Waals surface area contributed by atoms with E-state index in [2.05, 4.69) is 10.2 Å². The summed E-state index contributed by atoms with van der Waals surface area (Å²) >= 11 is 0. The van der Waals surface area contributed by atoms with Crippen molar-refractivity contribution in [3.63, 3.8) is 0 Å². The minimum absolute atomic E-state index is 0.00904. The van der Waals surface area contributed by atoms with Crippen LogP contribution < -0.4 is 5.32 Å². The van der Waals surface area contributed by atoms with Gasteiger partial charge in [-0.3, -0.25) is 14.5 Å². The lowest BCUT2D eigenvalue weighted by Gasteiger charge is -2.26. The number of nitrogens with zero attached hydrogens (tertiary/aromatic N) is 2. The monoisotopic (exact) mass is 283 g/mol. The maximum Gasteiger partial charge on any atom is 0.225 e. The summed E-state index contributed by atoms with van der Waals surface area (Å²) < 4.78 is 5.28. The summed E-state index contributed by atoms with van der Waals surface area (Å²) in [4.78, 5) is 27.9. The fourth-order valence-electron chi connectivity index (χ4n) is 2.71. The van der Waals surface area contributed by atoms with Gasteiger partial charge in [0.1, 0.15) is 0 Å². The number of nitrogens with one attached hydrogen (secondary N) is 1. The number of hydrogen-bond donors (Lipinski definition) is 1. The lowest BCUT2D eigenvalue weighted by Crippen LogP contribution is -2.42. The minimum Gasteiger partial charge on any atom is -0.379 e.